The van der Waals surface area contributed by atoms with Crippen molar-refractivity contribution in [2.75, 3.05) is 10.6 Å². The summed E-state index contributed by atoms with van der Waals surface area (Å²) in [6.07, 6.45) is 1.21. The molecule has 5 rings (SSSR count). The van der Waals surface area contributed by atoms with Crippen molar-refractivity contribution in [3.63, 3.8) is 0 Å². The zero-order valence-electron chi connectivity index (χ0n) is 18.0. The van der Waals surface area contributed by atoms with Gasteiger partial charge in [-0.25, -0.2) is 4.98 Å². The van der Waals surface area contributed by atoms with Crippen molar-refractivity contribution < 1.29 is 9.59 Å². The second-order valence-electron chi connectivity index (χ2n) is 8.93. The Morgan fingerprint density at radius 1 is 1.00 bits per heavy atom. The maximum absolute atomic E-state index is 13.8. The Morgan fingerprint density at radius 2 is 1.59 bits per heavy atom. The van der Waals surface area contributed by atoms with Crippen LogP contribution in [0.1, 0.15) is 46.0 Å². The Hall–Kier alpha value is -3.51. The van der Waals surface area contributed by atoms with Gasteiger partial charge >= 0.3 is 0 Å². The van der Waals surface area contributed by atoms with Crippen LogP contribution in [0.15, 0.2) is 66.7 Å². The van der Waals surface area contributed by atoms with Gasteiger partial charge in [0, 0.05) is 28.7 Å². The predicted octanol–water partition coefficient (Wildman–Crippen LogP) is 6.01. The fourth-order valence-electron chi connectivity index (χ4n) is 4.30. The number of hydrogen-bond acceptors (Lipinski definition) is 5. The monoisotopic (exact) mass is 441 g/mol. The van der Waals surface area contributed by atoms with Gasteiger partial charge in [0.2, 0.25) is 0 Å². The molecule has 6 heteroatoms. The van der Waals surface area contributed by atoms with Crippen LogP contribution in [0.5, 0.6) is 0 Å². The number of nitrogens with zero attached hydrogens (tertiary/aromatic N) is 2. The minimum absolute atomic E-state index is 0.0827. The van der Waals surface area contributed by atoms with E-state index in [0.717, 1.165) is 23.5 Å². The van der Waals surface area contributed by atoms with Crippen LogP contribution in [0.2, 0.25) is 0 Å². The van der Waals surface area contributed by atoms with E-state index >= 15 is 0 Å². The summed E-state index contributed by atoms with van der Waals surface area (Å²) in [6, 6.07) is 20.8. The molecule has 0 spiro atoms. The normalized spacial score (nSPS) is 14.9. The van der Waals surface area contributed by atoms with Gasteiger partial charge in [-0.2, -0.15) is 0 Å². The molecule has 2 aromatic heterocycles. The molecule has 0 atom stereocenters. The lowest BCUT2D eigenvalue weighted by atomic mass is 9.75. The number of hydrogen-bond donors (Lipinski definition) is 1. The van der Waals surface area contributed by atoms with Crippen molar-refractivity contribution in [1.82, 2.24) is 4.98 Å². The second kappa shape index (κ2) is 7.57. The lowest BCUT2D eigenvalue weighted by Gasteiger charge is -2.29. The van der Waals surface area contributed by atoms with Crippen molar-refractivity contribution in [2.45, 2.75) is 26.7 Å². The number of aromatic nitrogens is 1. The molecule has 1 amide bonds. The Bertz CT molecular complexity index is 1300. The number of nitrogens with two attached hydrogens (primary N) is 1. The van der Waals surface area contributed by atoms with E-state index in [0.29, 0.717) is 32.8 Å². The summed E-state index contributed by atoms with van der Waals surface area (Å²) in [5.41, 5.74) is 9.66. The van der Waals surface area contributed by atoms with Crippen LogP contribution in [-0.2, 0) is 6.42 Å². The first-order chi connectivity index (χ1) is 15.3. The average molecular weight is 442 g/mol. The number of fused-ring (bicyclic) bond motifs is 2. The van der Waals surface area contributed by atoms with Crippen LogP contribution < -0.4 is 10.6 Å². The number of nitrogen functional groups attached to an aromatic ring is 1. The van der Waals surface area contributed by atoms with Gasteiger partial charge in [0.05, 0.1) is 11.4 Å². The van der Waals surface area contributed by atoms with Gasteiger partial charge in [-0.1, -0.05) is 50.2 Å². The Balaban J connectivity index is 1.64. The highest BCUT2D eigenvalue weighted by Gasteiger charge is 2.33. The van der Waals surface area contributed by atoms with Gasteiger partial charge < -0.3 is 5.73 Å². The molecule has 1 aliphatic carbocycles. The van der Waals surface area contributed by atoms with E-state index < -0.39 is 0 Å². The molecule has 0 bridgehead atoms. The number of pyridine rings is 1. The molecule has 0 saturated carbocycles. The summed E-state index contributed by atoms with van der Waals surface area (Å²) in [5, 5.41) is 0.672. The molecule has 2 aromatic carbocycles. The summed E-state index contributed by atoms with van der Waals surface area (Å²) in [6.45, 7) is 4.16. The number of carbonyl (C=O) groups excluding carboxylic acids is 2. The second-order valence-corrected chi connectivity index (χ2v) is 9.93. The first-order valence-electron chi connectivity index (χ1n) is 10.5. The Morgan fingerprint density at radius 3 is 2.19 bits per heavy atom. The summed E-state index contributed by atoms with van der Waals surface area (Å²) >= 11 is 1.29. The quantitative estimate of drug-likeness (QED) is 0.422. The fourth-order valence-corrected chi connectivity index (χ4v) is 5.32. The lowest BCUT2D eigenvalue weighted by molar-refractivity contribution is 0.0910. The van der Waals surface area contributed by atoms with Crippen LogP contribution in [0.3, 0.4) is 0 Å². The molecule has 0 aliphatic heterocycles. The molecule has 0 saturated heterocycles. The molecular formula is C26H23N3O2S. The smallest absolute Gasteiger partial charge is 0.275 e. The fraction of sp³-hybridized carbons (Fsp3) is 0.192. The maximum atomic E-state index is 13.8. The summed E-state index contributed by atoms with van der Waals surface area (Å²) in [7, 11) is 0. The van der Waals surface area contributed by atoms with E-state index in [1.54, 1.807) is 4.90 Å². The van der Waals surface area contributed by atoms with Crippen LogP contribution in [0.25, 0.3) is 10.2 Å². The zero-order valence-corrected chi connectivity index (χ0v) is 18.8. The van der Waals surface area contributed by atoms with E-state index in [1.165, 1.54) is 11.3 Å². The molecule has 1 aliphatic rings. The van der Waals surface area contributed by atoms with Crippen molar-refractivity contribution in [2.24, 2.45) is 5.41 Å². The average Bonchev–Trinajstić information content (AvgIpc) is 3.09. The first kappa shape index (κ1) is 20.4. The molecule has 160 valence electrons. The Kier molecular flexibility index (Phi) is 4.82. The number of carbonyl (C=O) groups is 2. The number of amides is 1. The molecule has 0 unspecified atom stereocenters. The van der Waals surface area contributed by atoms with Gasteiger partial charge in [-0.05, 0) is 42.2 Å². The highest BCUT2D eigenvalue weighted by Crippen LogP contribution is 2.40. The number of para-hydroxylation sites is 2. The number of rotatable bonds is 3. The predicted molar refractivity (Wildman–Crippen MR) is 130 cm³/mol. The van der Waals surface area contributed by atoms with E-state index in [1.807, 2.05) is 66.7 Å². The first-order valence-corrected chi connectivity index (χ1v) is 11.4. The van der Waals surface area contributed by atoms with E-state index in [2.05, 4.69) is 13.8 Å². The van der Waals surface area contributed by atoms with Crippen molar-refractivity contribution in [3.8, 4) is 0 Å². The topological polar surface area (TPSA) is 76.3 Å². The van der Waals surface area contributed by atoms with E-state index in [9.17, 15) is 9.59 Å². The minimum Gasteiger partial charge on any atom is -0.397 e. The van der Waals surface area contributed by atoms with Crippen LogP contribution in [0.4, 0.5) is 17.1 Å². The summed E-state index contributed by atoms with van der Waals surface area (Å²) in [4.78, 5) is 34.1. The molecule has 2 heterocycles. The highest BCUT2D eigenvalue weighted by molar-refractivity contribution is 7.21. The number of Topliss-reactive ketones (excluding diaryl/α,β-unsaturated/α-hetero) is 1. The molecule has 5 nitrogen and oxygen atoms in total. The maximum Gasteiger partial charge on any atom is 0.275 e. The van der Waals surface area contributed by atoms with Gasteiger partial charge in [0.25, 0.3) is 5.91 Å². The van der Waals surface area contributed by atoms with Crippen LogP contribution in [-0.4, -0.2) is 16.7 Å². The summed E-state index contributed by atoms with van der Waals surface area (Å²) in [5.74, 6) is -0.133. The third-order valence-electron chi connectivity index (χ3n) is 5.81. The largest absolute Gasteiger partial charge is 0.397 e. The minimum atomic E-state index is -0.215. The van der Waals surface area contributed by atoms with Gasteiger partial charge in [0.1, 0.15) is 9.71 Å². The van der Waals surface area contributed by atoms with Crippen LogP contribution in [0, 0.1) is 5.41 Å². The number of anilines is 3. The number of ketones is 1. The third kappa shape index (κ3) is 3.46. The lowest BCUT2D eigenvalue weighted by Crippen LogP contribution is -2.27. The van der Waals surface area contributed by atoms with Crippen LogP contribution >= 0.6 is 11.3 Å². The standard InChI is InChI=1S/C26H23N3O2S/c1-26(2)14-20-18(21(30)15-26)13-19-22(27)23(32-24(19)28-20)25(31)29(16-9-5-3-6-10-16)17-11-7-4-8-12-17/h3-13H,14-15,27H2,1-2H3. The van der Waals surface area contributed by atoms with E-state index in [-0.39, 0.29) is 17.1 Å². The van der Waals surface area contributed by atoms with Gasteiger partial charge in [0.15, 0.2) is 5.78 Å². The number of thiophene rings is 1. The van der Waals surface area contributed by atoms with Gasteiger partial charge in [-0.3, -0.25) is 14.5 Å². The molecular weight excluding hydrogens is 418 g/mol. The number of benzene rings is 2. The molecule has 0 radical (unpaired) electrons. The molecule has 2 N–H and O–H groups in total. The zero-order chi connectivity index (χ0) is 22.5. The summed E-state index contributed by atoms with van der Waals surface area (Å²) < 4.78 is 0. The molecule has 0 fully saturated rings. The van der Waals surface area contributed by atoms with Crippen molar-refractivity contribution >= 4 is 50.3 Å². The SMILES string of the molecule is CC1(C)CC(=O)c2cc3c(N)c(C(=O)N(c4ccccc4)c4ccccc4)sc3nc2C1. The highest BCUT2D eigenvalue weighted by atomic mass is 32.1. The van der Waals surface area contributed by atoms with Crippen molar-refractivity contribution in [3.05, 3.63) is 82.9 Å². The molecule has 32 heavy (non-hydrogen) atoms. The Labute approximate surface area is 190 Å². The van der Waals surface area contributed by atoms with E-state index in [4.69, 9.17) is 10.7 Å². The van der Waals surface area contributed by atoms with Crippen molar-refractivity contribution in [1.29, 1.82) is 0 Å². The molecule has 4 aromatic rings. The third-order valence-corrected chi connectivity index (χ3v) is 6.91. The van der Waals surface area contributed by atoms with Gasteiger partial charge in [-0.15, -0.1) is 11.3 Å².